The SMILES string of the molecule is O=C(Cn1ccnc1)c1ccc(-c2ccncc2)cc1. The zero-order valence-electron chi connectivity index (χ0n) is 10.8. The number of hydrogen-bond acceptors (Lipinski definition) is 3. The van der Waals surface area contributed by atoms with Crippen LogP contribution in [0.1, 0.15) is 10.4 Å². The van der Waals surface area contributed by atoms with Crippen molar-refractivity contribution in [1.82, 2.24) is 14.5 Å². The van der Waals surface area contributed by atoms with Crippen LogP contribution < -0.4 is 0 Å². The molecule has 20 heavy (non-hydrogen) atoms. The maximum Gasteiger partial charge on any atom is 0.182 e. The Kier molecular flexibility index (Phi) is 3.37. The van der Waals surface area contributed by atoms with Gasteiger partial charge in [0.15, 0.2) is 5.78 Å². The van der Waals surface area contributed by atoms with E-state index in [9.17, 15) is 4.79 Å². The summed E-state index contributed by atoms with van der Waals surface area (Å²) in [4.78, 5) is 20.0. The van der Waals surface area contributed by atoms with Gasteiger partial charge in [0.25, 0.3) is 0 Å². The van der Waals surface area contributed by atoms with Crippen molar-refractivity contribution in [1.29, 1.82) is 0 Å². The van der Waals surface area contributed by atoms with Crippen molar-refractivity contribution in [2.45, 2.75) is 6.54 Å². The molecular weight excluding hydrogens is 250 g/mol. The fourth-order valence-electron chi connectivity index (χ4n) is 2.03. The Morgan fingerprint density at radius 2 is 1.60 bits per heavy atom. The van der Waals surface area contributed by atoms with Crippen LogP contribution in [0.3, 0.4) is 0 Å². The minimum Gasteiger partial charge on any atom is -0.330 e. The number of hydrogen-bond donors (Lipinski definition) is 0. The molecule has 4 nitrogen and oxygen atoms in total. The number of benzene rings is 1. The lowest BCUT2D eigenvalue weighted by atomic mass is 10.0. The molecule has 0 radical (unpaired) electrons. The van der Waals surface area contributed by atoms with Crippen LogP contribution in [0.5, 0.6) is 0 Å². The molecule has 0 saturated carbocycles. The van der Waals surface area contributed by atoms with Gasteiger partial charge >= 0.3 is 0 Å². The summed E-state index contributed by atoms with van der Waals surface area (Å²) in [7, 11) is 0. The summed E-state index contributed by atoms with van der Waals surface area (Å²) >= 11 is 0. The molecule has 0 atom stereocenters. The van der Waals surface area contributed by atoms with Gasteiger partial charge in [0.2, 0.25) is 0 Å². The second-order valence-electron chi connectivity index (χ2n) is 4.47. The van der Waals surface area contributed by atoms with Gasteiger partial charge in [-0.2, -0.15) is 0 Å². The molecule has 0 unspecified atom stereocenters. The number of imidazole rings is 1. The van der Waals surface area contributed by atoms with E-state index in [0.717, 1.165) is 11.1 Å². The van der Waals surface area contributed by atoms with E-state index in [0.29, 0.717) is 12.1 Å². The van der Waals surface area contributed by atoms with E-state index in [1.165, 1.54) is 0 Å². The number of aromatic nitrogens is 3. The minimum atomic E-state index is 0.0734. The molecule has 3 rings (SSSR count). The maximum absolute atomic E-state index is 12.1. The van der Waals surface area contributed by atoms with Gasteiger partial charge in [-0.05, 0) is 23.3 Å². The van der Waals surface area contributed by atoms with Crippen molar-refractivity contribution in [3.05, 3.63) is 73.1 Å². The Hall–Kier alpha value is -2.75. The third-order valence-corrected chi connectivity index (χ3v) is 3.11. The Labute approximate surface area is 116 Å². The Morgan fingerprint density at radius 3 is 2.25 bits per heavy atom. The Morgan fingerprint density at radius 1 is 0.900 bits per heavy atom. The Balaban J connectivity index is 1.78. The average molecular weight is 263 g/mol. The van der Waals surface area contributed by atoms with Crippen LogP contribution in [0.25, 0.3) is 11.1 Å². The first kappa shape index (κ1) is 12.3. The van der Waals surface area contributed by atoms with Crippen molar-refractivity contribution in [2.24, 2.45) is 0 Å². The minimum absolute atomic E-state index is 0.0734. The molecule has 0 amide bonds. The summed E-state index contributed by atoms with van der Waals surface area (Å²) in [6.45, 7) is 0.314. The maximum atomic E-state index is 12.1. The predicted molar refractivity (Wildman–Crippen MR) is 76.2 cm³/mol. The molecule has 2 aromatic heterocycles. The average Bonchev–Trinajstić information content (AvgIpc) is 3.01. The van der Waals surface area contributed by atoms with Crippen LogP contribution in [0.2, 0.25) is 0 Å². The van der Waals surface area contributed by atoms with E-state index in [-0.39, 0.29) is 5.78 Å². The highest BCUT2D eigenvalue weighted by Crippen LogP contribution is 2.18. The van der Waals surface area contributed by atoms with Gasteiger partial charge in [0.1, 0.15) is 0 Å². The van der Waals surface area contributed by atoms with Gasteiger partial charge < -0.3 is 4.57 Å². The normalized spacial score (nSPS) is 10.4. The zero-order chi connectivity index (χ0) is 13.8. The summed E-state index contributed by atoms with van der Waals surface area (Å²) in [5, 5.41) is 0. The van der Waals surface area contributed by atoms with E-state index in [1.807, 2.05) is 36.4 Å². The lowest BCUT2D eigenvalue weighted by molar-refractivity contribution is 0.0972. The van der Waals surface area contributed by atoms with Crippen LogP contribution in [0, 0.1) is 0 Å². The highest BCUT2D eigenvalue weighted by Gasteiger charge is 2.06. The van der Waals surface area contributed by atoms with Gasteiger partial charge in [-0.15, -0.1) is 0 Å². The molecule has 0 spiro atoms. The molecule has 1 aromatic carbocycles. The summed E-state index contributed by atoms with van der Waals surface area (Å²) in [6.07, 6.45) is 8.60. The summed E-state index contributed by atoms with van der Waals surface area (Å²) < 4.78 is 1.76. The fourth-order valence-corrected chi connectivity index (χ4v) is 2.03. The molecular formula is C16H13N3O. The first-order valence-electron chi connectivity index (χ1n) is 6.32. The number of carbonyl (C=O) groups excluding carboxylic acids is 1. The number of nitrogens with zero attached hydrogens (tertiary/aromatic N) is 3. The molecule has 0 N–H and O–H groups in total. The van der Waals surface area contributed by atoms with Crippen molar-refractivity contribution in [2.75, 3.05) is 0 Å². The van der Waals surface area contributed by atoms with Gasteiger partial charge in [0, 0.05) is 30.4 Å². The van der Waals surface area contributed by atoms with E-state index in [2.05, 4.69) is 9.97 Å². The lowest BCUT2D eigenvalue weighted by Gasteiger charge is -2.04. The third kappa shape index (κ3) is 2.64. The molecule has 0 bridgehead atoms. The summed E-state index contributed by atoms with van der Waals surface area (Å²) in [5.74, 6) is 0.0734. The first-order chi connectivity index (χ1) is 9.83. The highest BCUT2D eigenvalue weighted by molar-refractivity contribution is 5.96. The molecule has 2 heterocycles. The molecule has 0 aliphatic heterocycles. The molecule has 0 fully saturated rings. The number of Topliss-reactive ketones (excluding diaryl/α,β-unsaturated/α-hetero) is 1. The second-order valence-corrected chi connectivity index (χ2v) is 4.47. The number of carbonyl (C=O) groups is 1. The van der Waals surface area contributed by atoms with E-state index >= 15 is 0 Å². The largest absolute Gasteiger partial charge is 0.330 e. The fraction of sp³-hybridized carbons (Fsp3) is 0.0625. The molecule has 0 aliphatic carbocycles. The molecule has 4 heteroatoms. The summed E-state index contributed by atoms with van der Waals surface area (Å²) in [5.41, 5.74) is 2.87. The number of rotatable bonds is 4. The van der Waals surface area contributed by atoms with Crippen LogP contribution in [-0.2, 0) is 6.54 Å². The van der Waals surface area contributed by atoms with Crippen molar-refractivity contribution in [3.63, 3.8) is 0 Å². The van der Waals surface area contributed by atoms with Gasteiger partial charge in [0.05, 0.1) is 12.9 Å². The van der Waals surface area contributed by atoms with Crippen molar-refractivity contribution < 1.29 is 4.79 Å². The number of pyridine rings is 1. The van der Waals surface area contributed by atoms with Gasteiger partial charge in [-0.25, -0.2) is 4.98 Å². The monoisotopic (exact) mass is 263 g/mol. The van der Waals surface area contributed by atoms with Crippen LogP contribution >= 0.6 is 0 Å². The van der Waals surface area contributed by atoms with Crippen LogP contribution in [0.4, 0.5) is 0 Å². The predicted octanol–water partition coefficient (Wildman–Crippen LogP) is 2.83. The molecule has 98 valence electrons. The van der Waals surface area contributed by atoms with Crippen molar-refractivity contribution in [3.8, 4) is 11.1 Å². The zero-order valence-corrected chi connectivity index (χ0v) is 10.8. The smallest absolute Gasteiger partial charge is 0.182 e. The van der Waals surface area contributed by atoms with Crippen LogP contribution in [0.15, 0.2) is 67.5 Å². The van der Waals surface area contributed by atoms with Crippen LogP contribution in [-0.4, -0.2) is 20.3 Å². The molecule has 0 saturated heterocycles. The number of ketones is 1. The van der Waals surface area contributed by atoms with Gasteiger partial charge in [-0.3, -0.25) is 9.78 Å². The van der Waals surface area contributed by atoms with Crippen molar-refractivity contribution >= 4 is 5.78 Å². The third-order valence-electron chi connectivity index (χ3n) is 3.11. The van der Waals surface area contributed by atoms with Gasteiger partial charge in [-0.1, -0.05) is 24.3 Å². The molecule has 0 aliphatic rings. The Bertz CT molecular complexity index is 688. The quantitative estimate of drug-likeness (QED) is 0.680. The molecule has 3 aromatic rings. The first-order valence-corrected chi connectivity index (χ1v) is 6.32. The lowest BCUT2D eigenvalue weighted by Crippen LogP contribution is -2.08. The standard InChI is InChI=1S/C16H13N3O/c20-16(11-19-10-9-18-12-19)15-3-1-13(2-4-15)14-5-7-17-8-6-14/h1-10,12H,11H2. The summed E-state index contributed by atoms with van der Waals surface area (Å²) in [6, 6.07) is 11.5. The second kappa shape index (κ2) is 5.48. The topological polar surface area (TPSA) is 47.8 Å². The van der Waals surface area contributed by atoms with E-state index in [1.54, 1.807) is 35.7 Å². The van der Waals surface area contributed by atoms with E-state index in [4.69, 9.17) is 0 Å². The highest BCUT2D eigenvalue weighted by atomic mass is 16.1. The van der Waals surface area contributed by atoms with E-state index < -0.39 is 0 Å².